The van der Waals surface area contributed by atoms with Gasteiger partial charge >= 0.3 is 0 Å². The van der Waals surface area contributed by atoms with E-state index in [0.29, 0.717) is 0 Å². The second-order valence-corrected chi connectivity index (χ2v) is 4.44. The average molecular weight is 236 g/mol. The third kappa shape index (κ3) is 5.71. The number of anilines is 1. The second kappa shape index (κ2) is 8.09. The van der Waals surface area contributed by atoms with E-state index in [9.17, 15) is 0 Å². The molecule has 1 rings (SSSR count). The summed E-state index contributed by atoms with van der Waals surface area (Å²) in [5, 5.41) is 3.44. The molecule has 1 aromatic rings. The van der Waals surface area contributed by atoms with E-state index in [1.165, 1.54) is 17.7 Å². The number of rotatable bonds is 8. The maximum Gasteiger partial charge on any atom is 0.0462 e. The van der Waals surface area contributed by atoms with Crippen LogP contribution in [0.4, 0.5) is 5.69 Å². The highest BCUT2D eigenvalue weighted by Crippen LogP contribution is 2.11. The van der Waals surface area contributed by atoms with Crippen molar-refractivity contribution in [2.75, 3.05) is 39.3 Å². The largest absolute Gasteiger partial charge is 0.385 e. The summed E-state index contributed by atoms with van der Waals surface area (Å²) >= 11 is 0. The van der Waals surface area contributed by atoms with Gasteiger partial charge < -0.3 is 15.0 Å². The Kier molecular flexibility index (Phi) is 6.67. The van der Waals surface area contributed by atoms with Gasteiger partial charge in [-0.15, -0.1) is 0 Å². The molecule has 0 radical (unpaired) electrons. The van der Waals surface area contributed by atoms with Crippen molar-refractivity contribution in [2.24, 2.45) is 0 Å². The first-order valence-corrected chi connectivity index (χ1v) is 6.20. The fourth-order valence-electron chi connectivity index (χ4n) is 1.64. The Morgan fingerprint density at radius 2 is 1.82 bits per heavy atom. The molecule has 0 heterocycles. The third-order valence-corrected chi connectivity index (χ3v) is 2.73. The van der Waals surface area contributed by atoms with Crippen molar-refractivity contribution in [1.29, 1.82) is 0 Å². The van der Waals surface area contributed by atoms with Crippen LogP contribution in [0.3, 0.4) is 0 Å². The number of unbranched alkanes of at least 4 members (excludes halogenated alkanes) is 1. The lowest BCUT2D eigenvalue weighted by Gasteiger charge is -2.12. The molecule has 3 nitrogen and oxygen atoms in total. The maximum absolute atomic E-state index is 5.01. The van der Waals surface area contributed by atoms with Crippen LogP contribution in [-0.2, 0) is 11.3 Å². The summed E-state index contributed by atoms with van der Waals surface area (Å²) in [6.07, 6.45) is 2.30. The summed E-state index contributed by atoms with van der Waals surface area (Å²) in [6, 6.07) is 8.67. The van der Waals surface area contributed by atoms with E-state index in [2.05, 4.69) is 48.6 Å². The molecule has 0 atom stereocenters. The maximum atomic E-state index is 5.01. The van der Waals surface area contributed by atoms with Crippen LogP contribution < -0.4 is 10.2 Å². The summed E-state index contributed by atoms with van der Waals surface area (Å²) in [5.74, 6) is 0. The predicted molar refractivity (Wildman–Crippen MR) is 73.6 cm³/mol. The summed E-state index contributed by atoms with van der Waals surface area (Å²) in [7, 11) is 5.87. The van der Waals surface area contributed by atoms with Crippen molar-refractivity contribution in [1.82, 2.24) is 5.32 Å². The van der Waals surface area contributed by atoms with Crippen molar-refractivity contribution in [3.8, 4) is 0 Å². The van der Waals surface area contributed by atoms with Gasteiger partial charge in [-0.2, -0.15) is 0 Å². The van der Waals surface area contributed by atoms with E-state index in [-0.39, 0.29) is 0 Å². The zero-order valence-corrected chi connectivity index (χ0v) is 11.2. The quantitative estimate of drug-likeness (QED) is 0.701. The molecule has 96 valence electrons. The van der Waals surface area contributed by atoms with Crippen LogP contribution in [0.15, 0.2) is 24.3 Å². The van der Waals surface area contributed by atoms with Crippen molar-refractivity contribution >= 4 is 5.69 Å². The molecule has 0 bridgehead atoms. The molecule has 0 unspecified atom stereocenters. The molecular formula is C14H24N2O. The van der Waals surface area contributed by atoms with Crippen LogP contribution >= 0.6 is 0 Å². The lowest BCUT2D eigenvalue weighted by molar-refractivity contribution is 0.192. The first-order valence-electron chi connectivity index (χ1n) is 6.20. The van der Waals surface area contributed by atoms with E-state index >= 15 is 0 Å². The van der Waals surface area contributed by atoms with Crippen molar-refractivity contribution in [3.63, 3.8) is 0 Å². The van der Waals surface area contributed by atoms with Crippen LogP contribution in [0, 0.1) is 0 Å². The van der Waals surface area contributed by atoms with E-state index < -0.39 is 0 Å². The molecule has 0 amide bonds. The fourth-order valence-corrected chi connectivity index (χ4v) is 1.64. The van der Waals surface area contributed by atoms with Gasteiger partial charge in [-0.3, -0.25) is 0 Å². The molecule has 0 saturated heterocycles. The van der Waals surface area contributed by atoms with Gasteiger partial charge in [-0.1, -0.05) is 12.1 Å². The van der Waals surface area contributed by atoms with Crippen LogP contribution in [0.1, 0.15) is 18.4 Å². The minimum Gasteiger partial charge on any atom is -0.385 e. The van der Waals surface area contributed by atoms with Gasteiger partial charge in [0.2, 0.25) is 0 Å². The molecule has 0 spiro atoms. The van der Waals surface area contributed by atoms with E-state index in [0.717, 1.165) is 26.1 Å². The molecule has 0 aliphatic rings. The molecule has 3 heteroatoms. The van der Waals surface area contributed by atoms with Crippen LogP contribution in [0.25, 0.3) is 0 Å². The Labute approximate surface area is 105 Å². The van der Waals surface area contributed by atoms with Crippen molar-refractivity contribution < 1.29 is 4.74 Å². The average Bonchev–Trinajstić information content (AvgIpc) is 2.34. The molecule has 1 aromatic carbocycles. The molecule has 0 aliphatic heterocycles. The van der Waals surface area contributed by atoms with Gasteiger partial charge in [-0.05, 0) is 37.1 Å². The number of hydrogen-bond donors (Lipinski definition) is 1. The zero-order valence-electron chi connectivity index (χ0n) is 11.2. The lowest BCUT2D eigenvalue weighted by atomic mass is 10.2. The van der Waals surface area contributed by atoms with Crippen LogP contribution in [0.2, 0.25) is 0 Å². The Morgan fingerprint density at radius 1 is 1.12 bits per heavy atom. The van der Waals surface area contributed by atoms with Crippen LogP contribution in [0.5, 0.6) is 0 Å². The van der Waals surface area contributed by atoms with Gasteiger partial charge in [0.05, 0.1) is 0 Å². The minimum atomic E-state index is 0.860. The topological polar surface area (TPSA) is 24.5 Å². The fraction of sp³-hybridized carbons (Fsp3) is 0.571. The lowest BCUT2D eigenvalue weighted by Crippen LogP contribution is -2.15. The first-order chi connectivity index (χ1) is 8.24. The Morgan fingerprint density at radius 3 is 2.41 bits per heavy atom. The molecule has 0 saturated carbocycles. The van der Waals surface area contributed by atoms with E-state index in [1.807, 2.05) is 0 Å². The first kappa shape index (κ1) is 14.0. The van der Waals surface area contributed by atoms with Crippen molar-refractivity contribution in [3.05, 3.63) is 29.8 Å². The third-order valence-electron chi connectivity index (χ3n) is 2.73. The van der Waals surface area contributed by atoms with Gasteiger partial charge in [-0.25, -0.2) is 0 Å². The number of nitrogens with one attached hydrogen (secondary N) is 1. The number of ether oxygens (including phenoxy) is 1. The number of hydrogen-bond acceptors (Lipinski definition) is 3. The monoisotopic (exact) mass is 236 g/mol. The molecule has 0 fully saturated rings. The van der Waals surface area contributed by atoms with Crippen LogP contribution in [-0.4, -0.2) is 34.4 Å². The number of methoxy groups -OCH3 is 1. The zero-order chi connectivity index (χ0) is 12.5. The standard InChI is InChI=1S/C14H24N2O/c1-16(2)14-8-6-13(7-9-14)12-15-10-4-5-11-17-3/h6-9,15H,4-5,10-12H2,1-3H3. The number of benzene rings is 1. The highest BCUT2D eigenvalue weighted by atomic mass is 16.5. The smallest absolute Gasteiger partial charge is 0.0462 e. The molecule has 0 aromatic heterocycles. The predicted octanol–water partition coefficient (Wildman–Crippen LogP) is 2.27. The van der Waals surface area contributed by atoms with E-state index in [1.54, 1.807) is 7.11 Å². The summed E-state index contributed by atoms with van der Waals surface area (Å²) < 4.78 is 5.01. The summed E-state index contributed by atoms with van der Waals surface area (Å²) in [6.45, 7) is 2.86. The van der Waals surface area contributed by atoms with Crippen molar-refractivity contribution in [2.45, 2.75) is 19.4 Å². The Hall–Kier alpha value is -1.06. The Balaban J connectivity index is 2.19. The molecule has 0 aliphatic carbocycles. The van der Waals surface area contributed by atoms with Gasteiger partial charge in [0.15, 0.2) is 0 Å². The number of nitrogens with zero attached hydrogens (tertiary/aromatic N) is 1. The minimum absolute atomic E-state index is 0.860. The molecular weight excluding hydrogens is 212 g/mol. The summed E-state index contributed by atoms with van der Waals surface area (Å²) in [4.78, 5) is 2.11. The molecule has 1 N–H and O–H groups in total. The Bertz CT molecular complexity index is 296. The summed E-state index contributed by atoms with van der Waals surface area (Å²) in [5.41, 5.74) is 2.58. The van der Waals surface area contributed by atoms with E-state index in [4.69, 9.17) is 4.74 Å². The molecule has 17 heavy (non-hydrogen) atoms. The second-order valence-electron chi connectivity index (χ2n) is 4.44. The highest BCUT2D eigenvalue weighted by molar-refractivity contribution is 5.45. The SMILES string of the molecule is COCCCCNCc1ccc(N(C)C)cc1. The van der Waals surface area contributed by atoms with Gasteiger partial charge in [0.25, 0.3) is 0 Å². The normalized spacial score (nSPS) is 10.5. The highest BCUT2D eigenvalue weighted by Gasteiger charge is 1.96. The van der Waals surface area contributed by atoms with Gasteiger partial charge in [0.1, 0.15) is 0 Å². The van der Waals surface area contributed by atoms with Gasteiger partial charge in [0, 0.05) is 40.0 Å².